The standard InChI is InChI=1S/C18H16N2O/c1-3-11-20(2)12-15-13-21-18(19-15)17-10-6-8-14-7-4-5-9-16(14)17/h1,4-10,13H,11-12H2,2H3. The summed E-state index contributed by atoms with van der Waals surface area (Å²) in [6, 6.07) is 14.4. The van der Waals surface area contributed by atoms with Gasteiger partial charge in [-0.1, -0.05) is 42.3 Å². The summed E-state index contributed by atoms with van der Waals surface area (Å²) in [4.78, 5) is 6.59. The lowest BCUT2D eigenvalue weighted by molar-refractivity contribution is 0.363. The zero-order chi connectivity index (χ0) is 14.7. The summed E-state index contributed by atoms with van der Waals surface area (Å²) in [6.45, 7) is 1.27. The lowest BCUT2D eigenvalue weighted by Crippen LogP contribution is -2.17. The molecule has 0 aliphatic carbocycles. The molecule has 0 saturated heterocycles. The van der Waals surface area contributed by atoms with E-state index in [0.29, 0.717) is 19.0 Å². The van der Waals surface area contributed by atoms with Gasteiger partial charge in [-0.05, 0) is 23.9 Å². The summed E-state index contributed by atoms with van der Waals surface area (Å²) in [5.41, 5.74) is 1.90. The van der Waals surface area contributed by atoms with Crippen LogP contribution in [-0.4, -0.2) is 23.5 Å². The van der Waals surface area contributed by atoms with Crippen molar-refractivity contribution in [2.45, 2.75) is 6.54 Å². The highest BCUT2D eigenvalue weighted by Gasteiger charge is 2.10. The fourth-order valence-corrected chi connectivity index (χ4v) is 2.40. The maximum atomic E-state index is 5.65. The highest BCUT2D eigenvalue weighted by molar-refractivity contribution is 5.94. The van der Waals surface area contributed by atoms with Gasteiger partial charge in [-0.2, -0.15) is 0 Å². The molecule has 0 aliphatic rings. The fourth-order valence-electron chi connectivity index (χ4n) is 2.40. The van der Waals surface area contributed by atoms with Gasteiger partial charge in [-0.3, -0.25) is 4.90 Å². The predicted octanol–water partition coefficient (Wildman–Crippen LogP) is 3.56. The Morgan fingerprint density at radius 2 is 2.00 bits per heavy atom. The van der Waals surface area contributed by atoms with E-state index >= 15 is 0 Å². The van der Waals surface area contributed by atoms with Crippen molar-refractivity contribution < 1.29 is 4.42 Å². The van der Waals surface area contributed by atoms with Crippen LogP contribution in [0.2, 0.25) is 0 Å². The zero-order valence-electron chi connectivity index (χ0n) is 11.9. The highest BCUT2D eigenvalue weighted by Crippen LogP contribution is 2.28. The summed E-state index contributed by atoms with van der Waals surface area (Å²) in [5, 5.41) is 2.32. The van der Waals surface area contributed by atoms with Crippen LogP contribution in [0.3, 0.4) is 0 Å². The molecule has 1 aromatic heterocycles. The molecule has 0 atom stereocenters. The average molecular weight is 276 g/mol. The zero-order valence-corrected chi connectivity index (χ0v) is 11.9. The number of benzene rings is 2. The number of hydrogen-bond donors (Lipinski definition) is 0. The van der Waals surface area contributed by atoms with Crippen LogP contribution in [0.5, 0.6) is 0 Å². The third kappa shape index (κ3) is 2.81. The molecule has 0 N–H and O–H groups in total. The maximum Gasteiger partial charge on any atom is 0.226 e. The van der Waals surface area contributed by atoms with Gasteiger partial charge < -0.3 is 4.42 Å². The van der Waals surface area contributed by atoms with Gasteiger partial charge in [0.05, 0.1) is 12.2 Å². The molecule has 2 aromatic carbocycles. The lowest BCUT2D eigenvalue weighted by atomic mass is 10.0. The Hall–Kier alpha value is -2.57. The summed E-state index contributed by atoms with van der Waals surface area (Å²) in [5.74, 6) is 3.27. The first-order valence-corrected chi connectivity index (χ1v) is 6.82. The van der Waals surface area contributed by atoms with E-state index in [1.807, 2.05) is 36.2 Å². The van der Waals surface area contributed by atoms with Crippen LogP contribution in [-0.2, 0) is 6.54 Å². The smallest absolute Gasteiger partial charge is 0.226 e. The molecule has 0 aliphatic heterocycles. The van der Waals surface area contributed by atoms with Gasteiger partial charge in [-0.25, -0.2) is 4.98 Å². The first-order valence-electron chi connectivity index (χ1n) is 6.82. The Kier molecular flexibility index (Phi) is 3.72. The van der Waals surface area contributed by atoms with Crippen LogP contribution in [0.15, 0.2) is 53.1 Å². The van der Waals surface area contributed by atoms with Crippen molar-refractivity contribution in [3.05, 3.63) is 54.4 Å². The van der Waals surface area contributed by atoms with E-state index < -0.39 is 0 Å². The normalized spacial score (nSPS) is 10.9. The molecule has 3 heteroatoms. The van der Waals surface area contributed by atoms with Crippen molar-refractivity contribution in [3.63, 3.8) is 0 Å². The van der Waals surface area contributed by atoms with E-state index in [1.54, 1.807) is 6.26 Å². The van der Waals surface area contributed by atoms with Crippen molar-refractivity contribution in [1.29, 1.82) is 0 Å². The van der Waals surface area contributed by atoms with Gasteiger partial charge in [0.1, 0.15) is 6.26 Å². The minimum Gasteiger partial charge on any atom is -0.444 e. The second-order valence-corrected chi connectivity index (χ2v) is 5.05. The third-order valence-electron chi connectivity index (χ3n) is 3.36. The first kappa shape index (κ1) is 13.4. The number of rotatable bonds is 4. The van der Waals surface area contributed by atoms with Gasteiger partial charge in [0.2, 0.25) is 5.89 Å². The predicted molar refractivity (Wildman–Crippen MR) is 84.6 cm³/mol. The minimum absolute atomic E-state index is 0.594. The maximum absolute atomic E-state index is 5.65. The molecule has 0 saturated carbocycles. The molecule has 21 heavy (non-hydrogen) atoms. The first-order chi connectivity index (χ1) is 10.3. The van der Waals surface area contributed by atoms with E-state index in [4.69, 9.17) is 10.8 Å². The lowest BCUT2D eigenvalue weighted by Gasteiger charge is -2.09. The largest absolute Gasteiger partial charge is 0.444 e. The molecule has 0 spiro atoms. The van der Waals surface area contributed by atoms with Crippen LogP contribution in [0.1, 0.15) is 5.69 Å². The Morgan fingerprint density at radius 3 is 2.86 bits per heavy atom. The number of terminal acetylenes is 1. The average Bonchev–Trinajstić information content (AvgIpc) is 2.95. The molecule has 3 nitrogen and oxygen atoms in total. The molecule has 0 radical (unpaired) electrons. The second-order valence-electron chi connectivity index (χ2n) is 5.05. The van der Waals surface area contributed by atoms with Gasteiger partial charge in [0, 0.05) is 12.1 Å². The Balaban J connectivity index is 1.94. The molecule has 1 heterocycles. The molecule has 0 bridgehead atoms. The third-order valence-corrected chi connectivity index (χ3v) is 3.36. The SMILES string of the molecule is C#CCN(C)Cc1coc(-c2cccc3ccccc23)n1. The number of fused-ring (bicyclic) bond motifs is 1. The van der Waals surface area contributed by atoms with Crippen LogP contribution >= 0.6 is 0 Å². The molecule has 3 aromatic rings. The summed E-state index contributed by atoms with van der Waals surface area (Å²) >= 11 is 0. The Bertz CT molecular complexity index is 793. The van der Waals surface area contributed by atoms with E-state index in [0.717, 1.165) is 16.6 Å². The molecule has 104 valence electrons. The summed E-state index contributed by atoms with van der Waals surface area (Å²) < 4.78 is 5.65. The topological polar surface area (TPSA) is 29.3 Å². The van der Waals surface area contributed by atoms with Gasteiger partial charge in [0.15, 0.2) is 0 Å². The molecule has 0 unspecified atom stereocenters. The molecule has 3 rings (SSSR count). The number of hydrogen-bond acceptors (Lipinski definition) is 3. The van der Waals surface area contributed by atoms with Gasteiger partial charge in [-0.15, -0.1) is 6.42 Å². The summed E-state index contributed by atoms with van der Waals surface area (Å²) in [7, 11) is 1.96. The Labute approximate surface area is 124 Å². The van der Waals surface area contributed by atoms with Gasteiger partial charge in [0.25, 0.3) is 0 Å². The van der Waals surface area contributed by atoms with Crippen LogP contribution < -0.4 is 0 Å². The van der Waals surface area contributed by atoms with Gasteiger partial charge >= 0.3 is 0 Å². The number of oxazole rings is 1. The van der Waals surface area contributed by atoms with E-state index in [2.05, 4.69) is 29.1 Å². The summed E-state index contributed by atoms with van der Waals surface area (Å²) in [6.07, 6.45) is 7.00. The van der Waals surface area contributed by atoms with Crippen LogP contribution in [0.25, 0.3) is 22.2 Å². The monoisotopic (exact) mass is 276 g/mol. The number of nitrogens with zero attached hydrogens (tertiary/aromatic N) is 2. The Morgan fingerprint density at radius 1 is 1.19 bits per heavy atom. The van der Waals surface area contributed by atoms with Crippen molar-refractivity contribution in [3.8, 4) is 23.8 Å². The van der Waals surface area contributed by atoms with Crippen molar-refractivity contribution >= 4 is 10.8 Å². The number of aromatic nitrogens is 1. The van der Waals surface area contributed by atoms with Crippen molar-refractivity contribution in [2.24, 2.45) is 0 Å². The quantitative estimate of drug-likeness (QED) is 0.682. The fraction of sp³-hybridized carbons (Fsp3) is 0.167. The van der Waals surface area contributed by atoms with Crippen molar-refractivity contribution in [1.82, 2.24) is 9.88 Å². The van der Waals surface area contributed by atoms with Crippen molar-refractivity contribution in [2.75, 3.05) is 13.6 Å². The molecular formula is C18H16N2O. The minimum atomic E-state index is 0.594. The van der Waals surface area contributed by atoms with E-state index in [9.17, 15) is 0 Å². The molecule has 0 amide bonds. The second kappa shape index (κ2) is 5.82. The van der Waals surface area contributed by atoms with Crippen LogP contribution in [0.4, 0.5) is 0 Å². The van der Waals surface area contributed by atoms with E-state index in [1.165, 1.54) is 5.39 Å². The van der Waals surface area contributed by atoms with E-state index in [-0.39, 0.29) is 0 Å². The highest BCUT2D eigenvalue weighted by atomic mass is 16.3. The molecule has 0 fully saturated rings. The molecular weight excluding hydrogens is 260 g/mol. The van der Waals surface area contributed by atoms with Crippen LogP contribution in [0, 0.1) is 12.3 Å².